The molecule has 9 nitrogen and oxygen atoms in total. The number of hydrogen-bond donors (Lipinski definition) is 0. The minimum absolute atomic E-state index is 0.304. The Labute approximate surface area is 431 Å². The minimum Gasteiger partial charge on any atom is -0.363 e. The normalized spacial score (nSPS) is 14.6. The smallest absolute Gasteiger partial charge is 0.137 e. The molecule has 0 bridgehead atoms. The van der Waals surface area contributed by atoms with Crippen LogP contribution in [-0.4, -0.2) is 61.7 Å². The molecule has 1 aliphatic carbocycles. The predicted octanol–water partition coefficient (Wildman–Crippen LogP) is 15.1. The third-order valence-corrected chi connectivity index (χ3v) is 12.2. The van der Waals surface area contributed by atoms with Crippen molar-refractivity contribution in [2.24, 2.45) is 27.1 Å². The summed E-state index contributed by atoms with van der Waals surface area (Å²) in [6.45, 7) is 36.3. The topological polar surface area (TPSA) is 88.8 Å². The van der Waals surface area contributed by atoms with E-state index in [0.29, 0.717) is 33.0 Å². The van der Waals surface area contributed by atoms with Crippen molar-refractivity contribution in [1.82, 2.24) is 34.5 Å². The number of imidazole rings is 1. The van der Waals surface area contributed by atoms with E-state index in [4.69, 9.17) is 0 Å². The summed E-state index contributed by atoms with van der Waals surface area (Å²) in [6.07, 6.45) is 27.5. The van der Waals surface area contributed by atoms with Crippen LogP contribution in [0.4, 0.5) is 11.6 Å². The van der Waals surface area contributed by atoms with Crippen LogP contribution < -0.4 is 9.80 Å². The van der Waals surface area contributed by atoms with E-state index in [1.165, 1.54) is 72.3 Å². The molecule has 2 aliphatic rings. The van der Waals surface area contributed by atoms with Crippen molar-refractivity contribution >= 4 is 11.6 Å². The average molecular weight is 964 g/mol. The molecule has 0 aromatic carbocycles. The highest BCUT2D eigenvalue weighted by Crippen LogP contribution is 2.43. The van der Waals surface area contributed by atoms with Crippen molar-refractivity contribution in [3.05, 3.63) is 150 Å². The van der Waals surface area contributed by atoms with Gasteiger partial charge in [0.15, 0.2) is 0 Å². The highest BCUT2D eigenvalue weighted by molar-refractivity contribution is 5.45. The van der Waals surface area contributed by atoms with Gasteiger partial charge in [-0.15, -0.1) is 0 Å². The summed E-state index contributed by atoms with van der Waals surface area (Å²) in [5, 5.41) is 0. The maximum Gasteiger partial charge on any atom is 0.137 e. The summed E-state index contributed by atoms with van der Waals surface area (Å²) >= 11 is 0. The molecule has 386 valence electrons. The lowest BCUT2D eigenvalue weighted by Gasteiger charge is -2.27. The molecule has 9 heteroatoms. The van der Waals surface area contributed by atoms with E-state index in [-0.39, 0.29) is 0 Å². The van der Waals surface area contributed by atoms with E-state index in [1.54, 1.807) is 12.5 Å². The lowest BCUT2D eigenvalue weighted by molar-refractivity contribution is 0.319. The lowest BCUT2D eigenvalue weighted by atomic mass is 9.78. The van der Waals surface area contributed by atoms with Gasteiger partial charge in [-0.05, 0) is 149 Å². The van der Waals surface area contributed by atoms with E-state index >= 15 is 0 Å². The molecule has 1 aliphatic heterocycles. The molecule has 0 spiro atoms. The maximum absolute atomic E-state index is 4.57. The van der Waals surface area contributed by atoms with Gasteiger partial charge in [-0.3, -0.25) is 14.5 Å². The molecule has 71 heavy (non-hydrogen) atoms. The third kappa shape index (κ3) is 22.3. The number of fused-ring (bicyclic) bond motifs is 1. The zero-order chi connectivity index (χ0) is 52.5. The fourth-order valence-corrected chi connectivity index (χ4v) is 8.87. The van der Waals surface area contributed by atoms with Gasteiger partial charge in [-0.2, -0.15) is 0 Å². The van der Waals surface area contributed by atoms with Crippen LogP contribution in [0.15, 0.2) is 117 Å². The standard InChI is InChI=1S/C14H22N2.C13H17N3.C12H20N2.C12H17N.C11H17N/c1-14(2,3)10-12-6-7-13(15-11-12)16-8-4-5-9-16;1-13(2,3)8-11-4-5-12(15-9-11)16-7-6-14-10-16;1-12(2,3)9-10-7-6-8-13-11(10)14(4)5;1-12(2,3)10-6-7-11-9(10)5-4-8-13-11;1-11(2,3)7-6-10-5-4-8-12-9-10/h6-7,11H,4-5,8-10H2,1-3H3;4-7,9-10H,8H2,1-3H3;6-8H,9H2,1-5H3;4-5,8,10H,6-7H2,1-3H3;4-5,8-9H,6-7H2,1-3H3. The van der Waals surface area contributed by atoms with Crippen LogP contribution in [-0.2, 0) is 32.1 Å². The summed E-state index contributed by atoms with van der Waals surface area (Å²) in [5.74, 6) is 3.85. The van der Waals surface area contributed by atoms with E-state index in [0.717, 1.165) is 49.6 Å². The molecule has 6 aromatic rings. The van der Waals surface area contributed by atoms with Gasteiger partial charge in [0.25, 0.3) is 0 Å². The fourth-order valence-electron chi connectivity index (χ4n) is 8.87. The van der Waals surface area contributed by atoms with Crippen LogP contribution in [0.25, 0.3) is 5.82 Å². The number of aromatic nitrogens is 7. The van der Waals surface area contributed by atoms with Crippen molar-refractivity contribution in [3.63, 3.8) is 0 Å². The van der Waals surface area contributed by atoms with Gasteiger partial charge in [0.2, 0.25) is 0 Å². The molecule has 1 atom stereocenters. The van der Waals surface area contributed by atoms with E-state index in [2.05, 4.69) is 186 Å². The van der Waals surface area contributed by atoms with Gasteiger partial charge in [-0.25, -0.2) is 19.9 Å². The predicted molar refractivity (Wildman–Crippen MR) is 302 cm³/mol. The molecule has 0 saturated carbocycles. The van der Waals surface area contributed by atoms with Gasteiger partial charge in [0.1, 0.15) is 23.8 Å². The van der Waals surface area contributed by atoms with Crippen molar-refractivity contribution in [1.29, 1.82) is 0 Å². The Bertz CT molecular complexity index is 2380. The van der Waals surface area contributed by atoms with Gasteiger partial charge in [0, 0.05) is 82.5 Å². The number of anilines is 2. The van der Waals surface area contributed by atoms with E-state index in [9.17, 15) is 0 Å². The second-order valence-electron chi connectivity index (χ2n) is 25.7. The number of pyridine rings is 5. The molecule has 0 amide bonds. The van der Waals surface area contributed by atoms with Crippen molar-refractivity contribution < 1.29 is 0 Å². The van der Waals surface area contributed by atoms with Gasteiger partial charge in [0.05, 0.1) is 0 Å². The van der Waals surface area contributed by atoms with Gasteiger partial charge >= 0.3 is 0 Å². The third-order valence-electron chi connectivity index (χ3n) is 12.2. The van der Waals surface area contributed by atoms with Crippen LogP contribution in [0.3, 0.4) is 0 Å². The Morgan fingerprint density at radius 3 is 1.62 bits per heavy atom. The summed E-state index contributed by atoms with van der Waals surface area (Å²) in [5.41, 5.74) is 9.86. The molecule has 1 fully saturated rings. The summed E-state index contributed by atoms with van der Waals surface area (Å²) < 4.78 is 1.90. The number of aryl methyl sites for hydroxylation is 2. The van der Waals surface area contributed by atoms with Crippen LogP contribution in [0.2, 0.25) is 0 Å². The van der Waals surface area contributed by atoms with Crippen LogP contribution >= 0.6 is 0 Å². The minimum atomic E-state index is 0.304. The highest BCUT2D eigenvalue weighted by atomic mass is 15.2. The first-order valence-electron chi connectivity index (χ1n) is 26.2. The summed E-state index contributed by atoms with van der Waals surface area (Å²) in [7, 11) is 4.07. The molecule has 1 saturated heterocycles. The Morgan fingerprint density at radius 2 is 1.13 bits per heavy atom. The fraction of sp³-hybridized carbons (Fsp3) is 0.548. The second-order valence-corrected chi connectivity index (χ2v) is 25.7. The van der Waals surface area contributed by atoms with Crippen LogP contribution in [0, 0.1) is 27.1 Å². The largest absolute Gasteiger partial charge is 0.363 e. The molecule has 0 radical (unpaired) electrons. The number of nitrogens with zero attached hydrogens (tertiary/aromatic N) is 9. The van der Waals surface area contributed by atoms with Crippen molar-refractivity contribution in [3.8, 4) is 5.82 Å². The lowest BCUT2D eigenvalue weighted by Crippen LogP contribution is -2.19. The Balaban J connectivity index is 0.000000194. The van der Waals surface area contributed by atoms with Crippen LogP contribution in [0.1, 0.15) is 169 Å². The van der Waals surface area contributed by atoms with Crippen molar-refractivity contribution in [2.75, 3.05) is 37.0 Å². The quantitative estimate of drug-likeness (QED) is 0.149. The molecule has 8 rings (SSSR count). The first kappa shape index (κ1) is 58.1. The van der Waals surface area contributed by atoms with Gasteiger partial charge < -0.3 is 9.80 Å². The Morgan fingerprint density at radius 1 is 0.549 bits per heavy atom. The van der Waals surface area contributed by atoms with Gasteiger partial charge in [-0.1, -0.05) is 134 Å². The van der Waals surface area contributed by atoms with Crippen LogP contribution in [0.5, 0.6) is 0 Å². The zero-order valence-electron chi connectivity index (χ0n) is 47.4. The average Bonchev–Trinajstić information content (AvgIpc) is 4.10. The molecular weight excluding hydrogens is 871 g/mol. The highest BCUT2D eigenvalue weighted by Gasteiger charge is 2.32. The molecule has 6 aromatic heterocycles. The molecule has 0 N–H and O–H groups in total. The van der Waals surface area contributed by atoms with E-state index < -0.39 is 0 Å². The summed E-state index contributed by atoms with van der Waals surface area (Å²) in [4.78, 5) is 30.3. The first-order chi connectivity index (χ1) is 33.2. The number of hydrogen-bond acceptors (Lipinski definition) is 8. The molecule has 7 heterocycles. The first-order valence-corrected chi connectivity index (χ1v) is 26.2. The summed E-state index contributed by atoms with van der Waals surface area (Å²) in [6, 6.07) is 21.2. The molecular formula is C62H93N9. The molecule has 1 unspecified atom stereocenters. The Hall–Kier alpha value is -5.44. The number of rotatable bonds is 8. The van der Waals surface area contributed by atoms with Crippen molar-refractivity contribution in [2.45, 2.75) is 168 Å². The monoisotopic (exact) mass is 964 g/mol. The Kier molecular flexibility index (Phi) is 21.5. The SMILES string of the molecule is CC(C)(C)C1CCc2ncccc21.CC(C)(C)CCc1cccnc1.CC(C)(C)Cc1ccc(-n2ccnc2)nc1.CC(C)(C)Cc1ccc(N2CCCC2)nc1.CN(C)c1ncccc1CC(C)(C)C. The maximum atomic E-state index is 4.57. The van der Waals surface area contributed by atoms with E-state index in [1.807, 2.05) is 80.2 Å². The second kappa shape index (κ2) is 26.3. The zero-order valence-corrected chi connectivity index (χ0v) is 47.4.